The van der Waals surface area contributed by atoms with Gasteiger partial charge < -0.3 is 0 Å². The third-order valence-electron chi connectivity index (χ3n) is 4.33. The molecule has 0 aliphatic rings. The molecule has 0 saturated carbocycles. The third-order valence-corrected chi connectivity index (χ3v) is 5.61. The van der Waals surface area contributed by atoms with Crippen molar-refractivity contribution in [3.8, 4) is 0 Å². The standard InChI is InChI=1S/C15H5F19O3S/c16-7(17,8(18,19)10(22,23)12(26,27)14(30,31)32)9(20,21)11(24,25)13(28,29)15(33,34)37-38(35,36)6-4-2-1-3-5-6/h1-5H. The van der Waals surface area contributed by atoms with Crippen molar-refractivity contribution in [2.24, 2.45) is 0 Å². The Kier molecular flexibility index (Phi) is 7.93. The lowest BCUT2D eigenvalue weighted by atomic mass is 9.88. The molecule has 0 amide bonds. The zero-order valence-electron chi connectivity index (χ0n) is 16.7. The Bertz CT molecular complexity index is 1110. The minimum absolute atomic E-state index is 0.216. The molecule has 1 aromatic carbocycles. The van der Waals surface area contributed by atoms with E-state index < -0.39 is 68.8 Å². The van der Waals surface area contributed by atoms with Crippen molar-refractivity contribution in [1.82, 2.24) is 0 Å². The van der Waals surface area contributed by atoms with E-state index in [2.05, 4.69) is 4.18 Å². The zero-order valence-corrected chi connectivity index (χ0v) is 17.5. The van der Waals surface area contributed by atoms with Crippen LogP contribution in [0, 0.1) is 0 Å². The summed E-state index contributed by atoms with van der Waals surface area (Å²) in [5.74, 6) is -61.7. The highest BCUT2D eigenvalue weighted by atomic mass is 32.2. The molecule has 0 aliphatic carbocycles. The van der Waals surface area contributed by atoms with Gasteiger partial charge in [0.25, 0.3) is 0 Å². The molecule has 0 spiro atoms. The molecule has 0 heterocycles. The SMILES string of the molecule is O=S(=O)(OC(F)(F)C(F)(F)C(F)(F)C(F)(F)C(F)(F)C(F)(F)C(F)(F)C(F)(F)C(F)(F)F)c1ccccc1. The van der Waals surface area contributed by atoms with Crippen molar-refractivity contribution >= 4 is 10.1 Å². The van der Waals surface area contributed by atoms with Crippen molar-refractivity contribution < 1.29 is 96.0 Å². The highest BCUT2D eigenvalue weighted by molar-refractivity contribution is 7.86. The summed E-state index contributed by atoms with van der Waals surface area (Å²) in [6, 6.07) is 2.62. The maximum Gasteiger partial charge on any atom is 0.460 e. The van der Waals surface area contributed by atoms with Gasteiger partial charge >= 0.3 is 63.9 Å². The summed E-state index contributed by atoms with van der Waals surface area (Å²) in [4.78, 5) is -1.61. The molecule has 0 aromatic heterocycles. The molecule has 23 heteroatoms. The summed E-state index contributed by atoms with van der Waals surface area (Å²) in [5.41, 5.74) is 0. The molecule has 1 aromatic rings. The smallest absolute Gasteiger partial charge is 0.194 e. The Morgan fingerprint density at radius 3 is 1.05 bits per heavy atom. The van der Waals surface area contributed by atoms with Crippen molar-refractivity contribution in [1.29, 1.82) is 0 Å². The summed E-state index contributed by atoms with van der Waals surface area (Å²) in [7, 11) is -6.42. The van der Waals surface area contributed by atoms with E-state index in [-0.39, 0.29) is 12.1 Å². The van der Waals surface area contributed by atoms with Gasteiger partial charge in [0, 0.05) is 0 Å². The maximum absolute atomic E-state index is 13.7. The van der Waals surface area contributed by atoms with Crippen LogP contribution in [-0.4, -0.2) is 62.2 Å². The summed E-state index contributed by atoms with van der Waals surface area (Å²) in [5, 5.41) is 0. The number of benzene rings is 1. The molecule has 0 fully saturated rings. The molecule has 38 heavy (non-hydrogen) atoms. The highest BCUT2D eigenvalue weighted by Crippen LogP contribution is 2.65. The fourth-order valence-corrected chi connectivity index (χ4v) is 3.14. The molecule has 222 valence electrons. The van der Waals surface area contributed by atoms with Gasteiger partial charge in [-0.2, -0.15) is 96.0 Å². The van der Waals surface area contributed by atoms with Gasteiger partial charge in [-0.25, -0.2) is 0 Å². The van der Waals surface area contributed by atoms with Gasteiger partial charge in [0.2, 0.25) is 0 Å². The van der Waals surface area contributed by atoms with Gasteiger partial charge in [0.1, 0.15) is 0 Å². The van der Waals surface area contributed by atoms with Crippen LogP contribution in [0.5, 0.6) is 0 Å². The number of hydrogen-bond donors (Lipinski definition) is 0. The van der Waals surface area contributed by atoms with Crippen LogP contribution in [0.15, 0.2) is 35.2 Å². The molecule has 0 aliphatic heterocycles. The Labute approximate surface area is 196 Å². The minimum atomic E-state index is -9.11. The molecule has 0 unspecified atom stereocenters. The van der Waals surface area contributed by atoms with Crippen molar-refractivity contribution in [3.63, 3.8) is 0 Å². The van der Waals surface area contributed by atoms with Crippen LogP contribution in [0.1, 0.15) is 0 Å². The first-order valence-electron chi connectivity index (χ1n) is 8.41. The van der Waals surface area contributed by atoms with E-state index in [4.69, 9.17) is 0 Å². The van der Waals surface area contributed by atoms with Crippen LogP contribution < -0.4 is 0 Å². The van der Waals surface area contributed by atoms with Gasteiger partial charge in [0.05, 0.1) is 4.90 Å². The van der Waals surface area contributed by atoms with Crippen LogP contribution in [0.2, 0.25) is 0 Å². The lowest BCUT2D eigenvalue weighted by molar-refractivity contribution is -0.476. The fourth-order valence-electron chi connectivity index (χ4n) is 2.17. The lowest BCUT2D eigenvalue weighted by Gasteiger charge is -2.43. The second kappa shape index (κ2) is 8.91. The van der Waals surface area contributed by atoms with E-state index in [1.54, 1.807) is 0 Å². The minimum Gasteiger partial charge on any atom is -0.194 e. The highest BCUT2D eigenvalue weighted by Gasteiger charge is 2.97. The van der Waals surface area contributed by atoms with E-state index in [0.29, 0.717) is 12.1 Å². The summed E-state index contributed by atoms with van der Waals surface area (Å²) < 4.78 is 276. The summed E-state index contributed by atoms with van der Waals surface area (Å²) in [6.45, 7) is 0. The van der Waals surface area contributed by atoms with Gasteiger partial charge in [-0.05, 0) is 12.1 Å². The predicted molar refractivity (Wildman–Crippen MR) is 80.3 cm³/mol. The molecular weight excluding hydrogens is 621 g/mol. The largest absolute Gasteiger partial charge is 0.460 e. The maximum atomic E-state index is 13.7. The Balaban J connectivity index is 3.70. The van der Waals surface area contributed by atoms with E-state index in [9.17, 15) is 91.8 Å². The lowest BCUT2D eigenvalue weighted by Crippen LogP contribution is -2.76. The van der Waals surface area contributed by atoms with Crippen LogP contribution >= 0.6 is 0 Å². The second-order valence-corrected chi connectivity index (χ2v) is 8.43. The molecule has 3 nitrogen and oxygen atoms in total. The topological polar surface area (TPSA) is 43.4 Å². The molecule has 0 saturated heterocycles. The van der Waals surface area contributed by atoms with Gasteiger partial charge in [0.15, 0.2) is 0 Å². The van der Waals surface area contributed by atoms with Crippen molar-refractivity contribution in [2.45, 2.75) is 58.6 Å². The van der Waals surface area contributed by atoms with Crippen LogP contribution in [0.25, 0.3) is 0 Å². The number of hydrogen-bond acceptors (Lipinski definition) is 3. The van der Waals surface area contributed by atoms with Crippen LogP contribution in [0.3, 0.4) is 0 Å². The quantitative estimate of drug-likeness (QED) is 0.208. The fraction of sp³-hybridized carbons (Fsp3) is 0.600. The average molecular weight is 626 g/mol. The first kappa shape index (κ1) is 33.8. The zero-order chi connectivity index (χ0) is 30.8. The number of rotatable bonds is 10. The molecule has 0 radical (unpaired) electrons. The van der Waals surface area contributed by atoms with E-state index in [0.717, 1.165) is 6.07 Å². The van der Waals surface area contributed by atoms with E-state index >= 15 is 0 Å². The normalized spacial score (nSPS) is 16.1. The van der Waals surface area contributed by atoms with Crippen LogP contribution in [0.4, 0.5) is 83.4 Å². The van der Waals surface area contributed by atoms with E-state index in [1.165, 1.54) is 0 Å². The monoisotopic (exact) mass is 626 g/mol. The Morgan fingerprint density at radius 1 is 0.447 bits per heavy atom. The molecule has 0 N–H and O–H groups in total. The van der Waals surface area contributed by atoms with Crippen molar-refractivity contribution in [3.05, 3.63) is 30.3 Å². The van der Waals surface area contributed by atoms with Crippen LogP contribution in [-0.2, 0) is 14.3 Å². The second-order valence-electron chi connectivity index (χ2n) is 6.89. The first-order chi connectivity index (χ1) is 16.3. The first-order valence-corrected chi connectivity index (χ1v) is 9.82. The van der Waals surface area contributed by atoms with Gasteiger partial charge in [-0.1, -0.05) is 18.2 Å². The number of alkyl halides is 19. The predicted octanol–water partition coefficient (Wildman–Crippen LogP) is 6.99. The summed E-state index contributed by atoms with van der Waals surface area (Å²) in [6.07, 6.45) is -15.6. The average Bonchev–Trinajstić information content (AvgIpc) is 2.71. The summed E-state index contributed by atoms with van der Waals surface area (Å²) >= 11 is 0. The van der Waals surface area contributed by atoms with E-state index in [1.807, 2.05) is 0 Å². The molecule has 1 rings (SSSR count). The molecule has 0 atom stereocenters. The Hall–Kier alpha value is -2.20. The number of halogens is 19. The molecule has 0 bridgehead atoms. The Morgan fingerprint density at radius 2 is 0.737 bits per heavy atom. The third kappa shape index (κ3) is 4.51. The van der Waals surface area contributed by atoms with Gasteiger partial charge in [-0.3, -0.25) is 0 Å². The molecular formula is C15H5F19O3S. The van der Waals surface area contributed by atoms with Gasteiger partial charge in [-0.15, -0.1) is 0 Å². The van der Waals surface area contributed by atoms with Crippen molar-refractivity contribution in [2.75, 3.05) is 0 Å².